The van der Waals surface area contributed by atoms with Gasteiger partial charge in [-0.25, -0.2) is 4.39 Å². The van der Waals surface area contributed by atoms with E-state index in [1.165, 1.54) is 24.5 Å². The van der Waals surface area contributed by atoms with Crippen LogP contribution in [0, 0.1) is 5.82 Å². The largest absolute Gasteiger partial charge is 0.573 e. The van der Waals surface area contributed by atoms with Crippen molar-refractivity contribution in [3.8, 4) is 5.75 Å². The summed E-state index contributed by atoms with van der Waals surface area (Å²) in [6.45, 7) is 0. The number of rotatable bonds is 3. The minimum absolute atomic E-state index is 0.0112. The Morgan fingerprint density at radius 1 is 1.10 bits per heavy atom. The van der Waals surface area contributed by atoms with E-state index in [9.17, 15) is 22.4 Å². The lowest BCUT2D eigenvalue weighted by molar-refractivity contribution is -0.274. The van der Waals surface area contributed by atoms with E-state index in [0.717, 1.165) is 18.2 Å². The summed E-state index contributed by atoms with van der Waals surface area (Å²) in [7, 11) is 0. The lowest BCUT2D eigenvalue weighted by Gasteiger charge is -2.13. The Hall–Kier alpha value is -2.44. The van der Waals surface area contributed by atoms with Crippen molar-refractivity contribution in [1.82, 2.24) is 4.98 Å². The summed E-state index contributed by atoms with van der Waals surface area (Å²) in [4.78, 5) is 15.7. The standard InChI is InChI=1S/C13H7F4NO2/c14-9-2-1-3-10(20-13(15,16)17)11(9)12(19)8-4-6-18-7-5-8/h1-7H. The Bertz CT molecular complexity index is 626. The molecule has 0 bridgehead atoms. The van der Waals surface area contributed by atoms with E-state index >= 15 is 0 Å². The summed E-state index contributed by atoms with van der Waals surface area (Å²) >= 11 is 0. The van der Waals surface area contributed by atoms with Gasteiger partial charge in [-0.3, -0.25) is 9.78 Å². The second-order valence-electron chi connectivity index (χ2n) is 3.73. The molecule has 2 aromatic rings. The zero-order valence-corrected chi connectivity index (χ0v) is 9.82. The van der Waals surface area contributed by atoms with E-state index < -0.39 is 29.3 Å². The van der Waals surface area contributed by atoms with Crippen LogP contribution in [0.1, 0.15) is 15.9 Å². The van der Waals surface area contributed by atoms with Gasteiger partial charge >= 0.3 is 6.36 Å². The zero-order valence-electron chi connectivity index (χ0n) is 9.82. The first-order valence-electron chi connectivity index (χ1n) is 5.37. The maximum atomic E-state index is 13.7. The first-order chi connectivity index (χ1) is 9.38. The van der Waals surface area contributed by atoms with Crippen LogP contribution in [-0.2, 0) is 0 Å². The zero-order chi connectivity index (χ0) is 14.8. The van der Waals surface area contributed by atoms with Crippen molar-refractivity contribution in [2.75, 3.05) is 0 Å². The molecule has 0 saturated heterocycles. The Labute approximate surface area is 110 Å². The second-order valence-corrected chi connectivity index (χ2v) is 3.73. The number of pyridine rings is 1. The number of halogens is 4. The number of ketones is 1. The summed E-state index contributed by atoms with van der Waals surface area (Å²) in [6, 6.07) is 5.33. The highest BCUT2D eigenvalue weighted by molar-refractivity contribution is 6.10. The molecular formula is C13H7F4NO2. The molecule has 3 nitrogen and oxygen atoms in total. The van der Waals surface area contributed by atoms with Crippen LogP contribution in [0.4, 0.5) is 17.6 Å². The molecule has 0 unspecified atom stereocenters. The summed E-state index contributed by atoms with van der Waals surface area (Å²) in [5, 5.41) is 0. The third-order valence-corrected chi connectivity index (χ3v) is 2.37. The van der Waals surface area contributed by atoms with Crippen LogP contribution in [-0.4, -0.2) is 17.1 Å². The van der Waals surface area contributed by atoms with Gasteiger partial charge in [-0.1, -0.05) is 6.07 Å². The number of ether oxygens (including phenoxy) is 1. The first-order valence-corrected chi connectivity index (χ1v) is 5.37. The van der Waals surface area contributed by atoms with Gasteiger partial charge in [-0.2, -0.15) is 0 Å². The highest BCUT2D eigenvalue weighted by atomic mass is 19.4. The predicted molar refractivity (Wildman–Crippen MR) is 60.8 cm³/mol. The molecular weight excluding hydrogens is 278 g/mol. The Morgan fingerprint density at radius 3 is 2.35 bits per heavy atom. The van der Waals surface area contributed by atoms with Crippen molar-refractivity contribution < 1.29 is 27.1 Å². The number of alkyl halides is 3. The maximum absolute atomic E-state index is 13.7. The lowest BCUT2D eigenvalue weighted by Crippen LogP contribution is -2.20. The molecule has 0 aliphatic heterocycles. The number of nitrogens with zero attached hydrogens (tertiary/aromatic N) is 1. The van der Waals surface area contributed by atoms with Crippen LogP contribution in [0.5, 0.6) is 5.75 Å². The van der Waals surface area contributed by atoms with Gasteiger partial charge < -0.3 is 4.74 Å². The maximum Gasteiger partial charge on any atom is 0.573 e. The Balaban J connectivity index is 2.48. The normalized spacial score (nSPS) is 11.2. The molecule has 1 heterocycles. The molecule has 104 valence electrons. The average molecular weight is 285 g/mol. The quantitative estimate of drug-likeness (QED) is 0.641. The van der Waals surface area contributed by atoms with Crippen LogP contribution in [0.15, 0.2) is 42.7 Å². The smallest absolute Gasteiger partial charge is 0.405 e. The highest BCUT2D eigenvalue weighted by Crippen LogP contribution is 2.29. The Kier molecular flexibility index (Phi) is 3.69. The summed E-state index contributed by atoms with van der Waals surface area (Å²) < 4.78 is 54.1. The van der Waals surface area contributed by atoms with Gasteiger partial charge in [0.25, 0.3) is 0 Å². The van der Waals surface area contributed by atoms with Gasteiger partial charge in [0.15, 0.2) is 5.78 Å². The molecule has 0 aliphatic rings. The molecule has 0 fully saturated rings. The van der Waals surface area contributed by atoms with Crippen LogP contribution in [0.2, 0.25) is 0 Å². The highest BCUT2D eigenvalue weighted by Gasteiger charge is 2.34. The molecule has 0 aliphatic carbocycles. The minimum Gasteiger partial charge on any atom is -0.405 e. The lowest BCUT2D eigenvalue weighted by atomic mass is 10.0. The molecule has 0 radical (unpaired) electrons. The molecule has 20 heavy (non-hydrogen) atoms. The van der Waals surface area contributed by atoms with Crippen molar-refractivity contribution in [3.63, 3.8) is 0 Å². The van der Waals surface area contributed by atoms with Crippen molar-refractivity contribution in [2.45, 2.75) is 6.36 Å². The minimum atomic E-state index is -5.01. The van der Waals surface area contributed by atoms with Gasteiger partial charge in [-0.05, 0) is 24.3 Å². The van der Waals surface area contributed by atoms with Crippen molar-refractivity contribution in [3.05, 3.63) is 59.7 Å². The fraction of sp³-hybridized carbons (Fsp3) is 0.0769. The van der Waals surface area contributed by atoms with E-state index in [0.29, 0.717) is 0 Å². The van der Waals surface area contributed by atoms with E-state index in [1.807, 2.05) is 0 Å². The topological polar surface area (TPSA) is 39.2 Å². The molecule has 0 saturated carbocycles. The van der Waals surface area contributed by atoms with Gasteiger partial charge in [0.2, 0.25) is 0 Å². The Morgan fingerprint density at radius 2 is 1.75 bits per heavy atom. The van der Waals surface area contributed by atoms with Crippen molar-refractivity contribution >= 4 is 5.78 Å². The molecule has 0 amide bonds. The molecule has 0 atom stereocenters. The van der Waals surface area contributed by atoms with Gasteiger partial charge in [0.1, 0.15) is 17.1 Å². The van der Waals surface area contributed by atoms with Crippen LogP contribution >= 0.6 is 0 Å². The number of hydrogen-bond acceptors (Lipinski definition) is 3. The summed E-state index contributed by atoms with van der Waals surface area (Å²) in [5.74, 6) is -2.88. The molecule has 0 spiro atoms. The number of carbonyl (C=O) groups is 1. The number of benzene rings is 1. The van der Waals surface area contributed by atoms with Crippen LogP contribution in [0.3, 0.4) is 0 Å². The second kappa shape index (κ2) is 5.28. The first kappa shape index (κ1) is 14.0. The van der Waals surface area contributed by atoms with E-state index in [2.05, 4.69) is 9.72 Å². The average Bonchev–Trinajstić information content (AvgIpc) is 2.37. The molecule has 1 aromatic heterocycles. The molecule has 2 rings (SSSR count). The van der Waals surface area contributed by atoms with E-state index in [4.69, 9.17) is 0 Å². The van der Waals surface area contributed by atoms with Gasteiger partial charge in [-0.15, -0.1) is 13.2 Å². The SMILES string of the molecule is O=C(c1ccncc1)c1c(F)cccc1OC(F)(F)F. The van der Waals surface area contributed by atoms with Gasteiger partial charge in [0.05, 0.1) is 0 Å². The predicted octanol–water partition coefficient (Wildman–Crippen LogP) is 3.35. The van der Waals surface area contributed by atoms with Crippen LogP contribution < -0.4 is 4.74 Å². The molecule has 1 aromatic carbocycles. The van der Waals surface area contributed by atoms with Crippen LogP contribution in [0.25, 0.3) is 0 Å². The third-order valence-electron chi connectivity index (χ3n) is 2.37. The fourth-order valence-corrected chi connectivity index (χ4v) is 1.58. The number of hydrogen-bond donors (Lipinski definition) is 0. The van der Waals surface area contributed by atoms with Crippen molar-refractivity contribution in [2.24, 2.45) is 0 Å². The third kappa shape index (κ3) is 3.11. The fourth-order valence-electron chi connectivity index (χ4n) is 1.58. The van der Waals surface area contributed by atoms with E-state index in [1.54, 1.807) is 0 Å². The van der Waals surface area contributed by atoms with Gasteiger partial charge in [0, 0.05) is 18.0 Å². The monoisotopic (exact) mass is 285 g/mol. The number of aromatic nitrogens is 1. The summed E-state index contributed by atoms with van der Waals surface area (Å²) in [5.41, 5.74) is -0.756. The van der Waals surface area contributed by atoms with E-state index in [-0.39, 0.29) is 5.56 Å². The number of carbonyl (C=O) groups excluding carboxylic acids is 1. The molecule has 0 N–H and O–H groups in total. The summed E-state index contributed by atoms with van der Waals surface area (Å²) in [6.07, 6.45) is -2.46. The molecule has 7 heteroatoms. The van der Waals surface area contributed by atoms with Crippen molar-refractivity contribution in [1.29, 1.82) is 0 Å².